The van der Waals surface area contributed by atoms with Gasteiger partial charge in [-0.1, -0.05) is 42.5 Å². The summed E-state index contributed by atoms with van der Waals surface area (Å²) in [5.41, 5.74) is 2.72. The Kier molecular flexibility index (Phi) is 5.06. The Bertz CT molecular complexity index is 1350. The van der Waals surface area contributed by atoms with Crippen LogP contribution in [0.5, 0.6) is 11.5 Å². The summed E-state index contributed by atoms with van der Waals surface area (Å²) in [7, 11) is 0. The molecule has 0 aliphatic heterocycles. The predicted molar refractivity (Wildman–Crippen MR) is 124 cm³/mol. The standard InChI is InChI=1S/C25H18FN3OS/c1-16-22(17-11-13-18(26)14-12-17)23-24(27-15-28-25(23)31-16)29-20-9-5-6-10-21(20)30-19-7-3-2-4-8-19/h2-15H,1H3,(H,27,28,29). The zero-order valence-corrected chi connectivity index (χ0v) is 17.5. The zero-order chi connectivity index (χ0) is 21.2. The van der Waals surface area contributed by atoms with Crippen molar-refractivity contribution in [1.82, 2.24) is 9.97 Å². The van der Waals surface area contributed by atoms with Gasteiger partial charge < -0.3 is 10.1 Å². The second kappa shape index (κ2) is 8.16. The monoisotopic (exact) mass is 427 g/mol. The number of hydrogen-bond acceptors (Lipinski definition) is 5. The molecule has 31 heavy (non-hydrogen) atoms. The molecule has 0 aliphatic rings. The maximum Gasteiger partial charge on any atom is 0.150 e. The Morgan fingerprint density at radius 2 is 1.61 bits per heavy atom. The number of hydrogen-bond donors (Lipinski definition) is 1. The van der Waals surface area contributed by atoms with Crippen molar-refractivity contribution in [3.05, 3.63) is 95.9 Å². The van der Waals surface area contributed by atoms with Crippen molar-refractivity contribution in [3.8, 4) is 22.6 Å². The molecular weight excluding hydrogens is 409 g/mol. The molecule has 0 unspecified atom stereocenters. The van der Waals surface area contributed by atoms with E-state index < -0.39 is 0 Å². The van der Waals surface area contributed by atoms with Gasteiger partial charge in [-0.3, -0.25) is 0 Å². The van der Waals surface area contributed by atoms with Crippen LogP contribution in [0.4, 0.5) is 15.9 Å². The van der Waals surface area contributed by atoms with Crippen LogP contribution in [-0.4, -0.2) is 9.97 Å². The minimum Gasteiger partial charge on any atom is -0.455 e. The molecule has 5 rings (SSSR count). The van der Waals surface area contributed by atoms with E-state index in [0.29, 0.717) is 11.6 Å². The van der Waals surface area contributed by atoms with Crippen molar-refractivity contribution in [1.29, 1.82) is 0 Å². The number of thiophene rings is 1. The lowest BCUT2D eigenvalue weighted by molar-refractivity contribution is 0.485. The summed E-state index contributed by atoms with van der Waals surface area (Å²) in [6.07, 6.45) is 1.55. The average Bonchev–Trinajstić information content (AvgIpc) is 3.13. The van der Waals surface area contributed by atoms with E-state index in [9.17, 15) is 4.39 Å². The van der Waals surface area contributed by atoms with Crippen molar-refractivity contribution >= 4 is 33.1 Å². The average molecular weight is 428 g/mol. The van der Waals surface area contributed by atoms with Crippen molar-refractivity contribution in [2.75, 3.05) is 5.32 Å². The highest BCUT2D eigenvalue weighted by Crippen LogP contribution is 2.42. The number of nitrogens with one attached hydrogen (secondary N) is 1. The van der Waals surface area contributed by atoms with E-state index >= 15 is 0 Å². The van der Waals surface area contributed by atoms with Crippen molar-refractivity contribution in [2.24, 2.45) is 0 Å². The number of fused-ring (bicyclic) bond motifs is 1. The van der Waals surface area contributed by atoms with Gasteiger partial charge in [-0.05, 0) is 48.9 Å². The van der Waals surface area contributed by atoms with Crippen LogP contribution in [0.2, 0.25) is 0 Å². The number of rotatable bonds is 5. The van der Waals surface area contributed by atoms with Crippen LogP contribution in [0.15, 0.2) is 85.2 Å². The second-order valence-electron chi connectivity index (χ2n) is 6.98. The molecule has 0 spiro atoms. The number of benzene rings is 3. The highest BCUT2D eigenvalue weighted by Gasteiger charge is 2.18. The Labute approximate surface area is 183 Å². The van der Waals surface area contributed by atoms with Crippen LogP contribution in [0.1, 0.15) is 4.88 Å². The summed E-state index contributed by atoms with van der Waals surface area (Å²) in [5, 5.41) is 4.34. The molecule has 0 amide bonds. The predicted octanol–water partition coefficient (Wildman–Crippen LogP) is 7.34. The first-order chi connectivity index (χ1) is 15.2. The van der Waals surface area contributed by atoms with Gasteiger partial charge in [0, 0.05) is 10.4 Å². The number of ether oxygens (including phenoxy) is 1. The van der Waals surface area contributed by atoms with Gasteiger partial charge in [-0.25, -0.2) is 14.4 Å². The SMILES string of the molecule is Cc1sc2ncnc(Nc3ccccc3Oc3ccccc3)c2c1-c1ccc(F)cc1. The molecule has 5 aromatic rings. The molecule has 1 N–H and O–H groups in total. The molecule has 2 heterocycles. The maximum absolute atomic E-state index is 13.5. The Morgan fingerprint density at radius 3 is 2.42 bits per heavy atom. The third-order valence-electron chi connectivity index (χ3n) is 4.91. The molecule has 152 valence electrons. The summed E-state index contributed by atoms with van der Waals surface area (Å²) in [6.45, 7) is 2.04. The summed E-state index contributed by atoms with van der Waals surface area (Å²) in [4.78, 5) is 10.9. The molecule has 3 aromatic carbocycles. The van der Waals surface area contributed by atoms with Crippen molar-refractivity contribution in [3.63, 3.8) is 0 Å². The maximum atomic E-state index is 13.5. The van der Waals surface area contributed by atoms with Crippen LogP contribution in [0.25, 0.3) is 21.3 Å². The lowest BCUT2D eigenvalue weighted by atomic mass is 10.0. The fourth-order valence-electron chi connectivity index (χ4n) is 3.51. The quantitative estimate of drug-likeness (QED) is 0.319. The highest BCUT2D eigenvalue weighted by molar-refractivity contribution is 7.19. The zero-order valence-electron chi connectivity index (χ0n) is 16.7. The fraction of sp³-hybridized carbons (Fsp3) is 0.0400. The summed E-state index contributed by atoms with van der Waals surface area (Å²) in [5.74, 6) is 1.86. The number of aromatic nitrogens is 2. The van der Waals surface area contributed by atoms with E-state index in [0.717, 1.165) is 37.7 Å². The third-order valence-corrected chi connectivity index (χ3v) is 5.92. The minimum absolute atomic E-state index is 0.262. The smallest absolute Gasteiger partial charge is 0.150 e. The number of para-hydroxylation sites is 3. The largest absolute Gasteiger partial charge is 0.455 e. The van der Waals surface area contributed by atoms with Crippen LogP contribution < -0.4 is 10.1 Å². The summed E-state index contributed by atoms with van der Waals surface area (Å²) in [6, 6.07) is 23.9. The lowest BCUT2D eigenvalue weighted by Crippen LogP contribution is -1.98. The molecular formula is C25H18FN3OS. The molecule has 2 aromatic heterocycles. The van der Waals surface area contributed by atoms with Gasteiger partial charge in [0.2, 0.25) is 0 Å². The Balaban J connectivity index is 1.59. The molecule has 0 atom stereocenters. The molecule has 6 heteroatoms. The van der Waals surface area contributed by atoms with Crippen molar-refractivity contribution < 1.29 is 9.13 Å². The molecule has 0 bridgehead atoms. The number of aryl methyl sites for hydroxylation is 1. The van der Waals surface area contributed by atoms with E-state index in [2.05, 4.69) is 15.3 Å². The van der Waals surface area contributed by atoms with Crippen LogP contribution in [-0.2, 0) is 0 Å². The van der Waals surface area contributed by atoms with Gasteiger partial charge in [-0.15, -0.1) is 11.3 Å². The molecule has 0 saturated carbocycles. The first kappa shape index (κ1) is 19.2. The summed E-state index contributed by atoms with van der Waals surface area (Å²) >= 11 is 1.59. The second-order valence-corrected chi connectivity index (χ2v) is 8.18. The van der Waals surface area contributed by atoms with Crippen LogP contribution >= 0.6 is 11.3 Å². The van der Waals surface area contributed by atoms with Gasteiger partial charge in [0.1, 0.15) is 28.5 Å². The number of nitrogens with zero attached hydrogens (tertiary/aromatic N) is 2. The molecule has 0 saturated heterocycles. The van der Waals surface area contributed by atoms with E-state index in [1.54, 1.807) is 29.8 Å². The van der Waals surface area contributed by atoms with Gasteiger partial charge in [0.05, 0.1) is 11.1 Å². The fourth-order valence-corrected chi connectivity index (χ4v) is 4.52. The first-order valence-corrected chi connectivity index (χ1v) is 10.6. The lowest BCUT2D eigenvalue weighted by Gasteiger charge is -2.14. The highest BCUT2D eigenvalue weighted by atomic mass is 32.1. The van der Waals surface area contributed by atoms with Crippen LogP contribution in [0.3, 0.4) is 0 Å². The molecule has 0 fully saturated rings. The third kappa shape index (κ3) is 3.85. The Hall–Kier alpha value is -3.77. The van der Waals surface area contributed by atoms with Crippen molar-refractivity contribution in [2.45, 2.75) is 6.92 Å². The minimum atomic E-state index is -0.262. The van der Waals surface area contributed by atoms with E-state index in [-0.39, 0.29) is 5.82 Å². The van der Waals surface area contributed by atoms with E-state index in [4.69, 9.17) is 4.74 Å². The number of anilines is 2. The van der Waals surface area contributed by atoms with Gasteiger partial charge in [0.15, 0.2) is 5.75 Å². The summed E-state index contributed by atoms with van der Waals surface area (Å²) < 4.78 is 19.6. The first-order valence-electron chi connectivity index (χ1n) is 9.78. The van der Waals surface area contributed by atoms with Gasteiger partial charge in [-0.2, -0.15) is 0 Å². The topological polar surface area (TPSA) is 47.0 Å². The van der Waals surface area contributed by atoms with Gasteiger partial charge >= 0.3 is 0 Å². The van der Waals surface area contributed by atoms with Crippen LogP contribution in [0, 0.1) is 12.7 Å². The molecule has 0 aliphatic carbocycles. The normalized spacial score (nSPS) is 10.9. The Morgan fingerprint density at radius 1 is 0.871 bits per heavy atom. The van der Waals surface area contributed by atoms with E-state index in [1.807, 2.05) is 61.5 Å². The molecule has 4 nitrogen and oxygen atoms in total. The molecule has 0 radical (unpaired) electrons. The van der Waals surface area contributed by atoms with E-state index in [1.165, 1.54) is 12.1 Å². The number of halogens is 1. The van der Waals surface area contributed by atoms with Gasteiger partial charge in [0.25, 0.3) is 0 Å².